The van der Waals surface area contributed by atoms with Gasteiger partial charge in [-0.15, -0.1) is 10.2 Å². The topological polar surface area (TPSA) is 85.2 Å². The second-order valence-corrected chi connectivity index (χ2v) is 5.56. The Morgan fingerprint density at radius 2 is 1.73 bits per heavy atom. The maximum atomic E-state index is 10.9. The molecule has 0 amide bonds. The molecule has 126 valence electrons. The standard InChI is InChI=1S/C19H13N5O2/c25-24(26)16-10-6-9-15(13-16)21-22-19-18(14-7-2-1-3-8-14)20-17-11-4-5-12-23(17)19/h1-13H. The third kappa shape index (κ3) is 2.93. The average Bonchev–Trinajstić information content (AvgIpc) is 3.06. The number of imidazole rings is 1. The Bertz CT molecular complexity index is 1120. The first-order valence-electron chi connectivity index (χ1n) is 7.91. The summed E-state index contributed by atoms with van der Waals surface area (Å²) in [5, 5.41) is 19.5. The highest BCUT2D eigenvalue weighted by atomic mass is 16.6. The second kappa shape index (κ2) is 6.56. The van der Waals surface area contributed by atoms with Gasteiger partial charge in [-0.2, -0.15) is 0 Å². The summed E-state index contributed by atoms with van der Waals surface area (Å²) in [5.74, 6) is 0.568. The first kappa shape index (κ1) is 15.6. The Labute approximate surface area is 148 Å². The van der Waals surface area contributed by atoms with Crippen molar-refractivity contribution in [3.63, 3.8) is 0 Å². The van der Waals surface area contributed by atoms with Crippen molar-refractivity contribution in [1.82, 2.24) is 9.38 Å². The van der Waals surface area contributed by atoms with E-state index < -0.39 is 4.92 Å². The molecule has 4 rings (SSSR count). The molecule has 7 nitrogen and oxygen atoms in total. The van der Waals surface area contributed by atoms with Gasteiger partial charge in [0.05, 0.1) is 10.6 Å². The van der Waals surface area contributed by atoms with Gasteiger partial charge in [0.15, 0.2) is 5.82 Å². The van der Waals surface area contributed by atoms with Crippen molar-refractivity contribution >= 4 is 22.8 Å². The van der Waals surface area contributed by atoms with Crippen molar-refractivity contribution in [2.75, 3.05) is 0 Å². The van der Waals surface area contributed by atoms with E-state index in [4.69, 9.17) is 0 Å². The van der Waals surface area contributed by atoms with Crippen molar-refractivity contribution in [3.05, 3.63) is 89.1 Å². The summed E-state index contributed by atoms with van der Waals surface area (Å²) in [6.45, 7) is 0. The minimum atomic E-state index is -0.456. The summed E-state index contributed by atoms with van der Waals surface area (Å²) >= 11 is 0. The van der Waals surface area contributed by atoms with Crippen molar-refractivity contribution in [2.24, 2.45) is 10.2 Å². The number of benzene rings is 2. The van der Waals surface area contributed by atoms with E-state index in [9.17, 15) is 10.1 Å². The summed E-state index contributed by atoms with van der Waals surface area (Å²) in [7, 11) is 0. The van der Waals surface area contributed by atoms with E-state index in [-0.39, 0.29) is 5.69 Å². The molecule has 2 aromatic heterocycles. The fraction of sp³-hybridized carbons (Fsp3) is 0. The zero-order chi connectivity index (χ0) is 17.9. The van der Waals surface area contributed by atoms with Gasteiger partial charge >= 0.3 is 0 Å². The van der Waals surface area contributed by atoms with Crippen molar-refractivity contribution in [1.29, 1.82) is 0 Å². The molecular formula is C19H13N5O2. The molecule has 0 aliphatic heterocycles. The maximum absolute atomic E-state index is 10.9. The molecule has 26 heavy (non-hydrogen) atoms. The lowest BCUT2D eigenvalue weighted by molar-refractivity contribution is -0.384. The van der Waals surface area contributed by atoms with Gasteiger partial charge in [0.2, 0.25) is 0 Å². The number of hydrogen-bond donors (Lipinski definition) is 0. The second-order valence-electron chi connectivity index (χ2n) is 5.56. The van der Waals surface area contributed by atoms with Gasteiger partial charge in [0, 0.05) is 23.9 Å². The number of aromatic nitrogens is 2. The van der Waals surface area contributed by atoms with Crippen LogP contribution < -0.4 is 0 Å². The van der Waals surface area contributed by atoms with Gasteiger partial charge in [-0.05, 0) is 18.2 Å². The molecule has 0 saturated heterocycles. The fourth-order valence-electron chi connectivity index (χ4n) is 2.64. The predicted octanol–water partition coefficient (Wildman–Crippen LogP) is 5.32. The summed E-state index contributed by atoms with van der Waals surface area (Å²) in [5.41, 5.74) is 2.75. The average molecular weight is 343 g/mol. The number of pyridine rings is 1. The summed E-state index contributed by atoms with van der Waals surface area (Å²) in [4.78, 5) is 15.1. The molecule has 0 aliphatic carbocycles. The Morgan fingerprint density at radius 3 is 2.54 bits per heavy atom. The van der Waals surface area contributed by atoms with Crippen LogP contribution in [0.1, 0.15) is 0 Å². The number of nitro groups is 1. The van der Waals surface area contributed by atoms with E-state index in [1.165, 1.54) is 12.1 Å². The number of nitrogens with zero attached hydrogens (tertiary/aromatic N) is 5. The van der Waals surface area contributed by atoms with Crippen molar-refractivity contribution in [2.45, 2.75) is 0 Å². The van der Waals surface area contributed by atoms with E-state index in [2.05, 4.69) is 15.2 Å². The molecule has 4 aromatic rings. The lowest BCUT2D eigenvalue weighted by Crippen LogP contribution is -1.85. The highest BCUT2D eigenvalue weighted by Gasteiger charge is 2.13. The van der Waals surface area contributed by atoms with Gasteiger partial charge < -0.3 is 0 Å². The number of azo groups is 1. The lowest BCUT2D eigenvalue weighted by atomic mass is 10.1. The first-order chi connectivity index (χ1) is 12.7. The van der Waals surface area contributed by atoms with Crippen LogP contribution in [-0.2, 0) is 0 Å². The molecule has 0 atom stereocenters. The van der Waals surface area contributed by atoms with Crippen molar-refractivity contribution < 1.29 is 4.92 Å². The summed E-state index contributed by atoms with van der Waals surface area (Å²) in [6, 6.07) is 21.4. The predicted molar refractivity (Wildman–Crippen MR) is 97.9 cm³/mol. The molecule has 0 N–H and O–H groups in total. The van der Waals surface area contributed by atoms with E-state index in [0.29, 0.717) is 17.2 Å². The van der Waals surface area contributed by atoms with Crippen LogP contribution in [0.4, 0.5) is 17.2 Å². The van der Waals surface area contributed by atoms with Gasteiger partial charge in [-0.3, -0.25) is 14.5 Å². The third-order valence-electron chi connectivity index (χ3n) is 3.85. The molecule has 0 bridgehead atoms. The Kier molecular flexibility index (Phi) is 3.95. The van der Waals surface area contributed by atoms with Gasteiger partial charge in [0.1, 0.15) is 11.3 Å². The van der Waals surface area contributed by atoms with Crippen LogP contribution in [0.3, 0.4) is 0 Å². The normalized spacial score (nSPS) is 11.2. The van der Waals surface area contributed by atoms with E-state index >= 15 is 0 Å². The van der Waals surface area contributed by atoms with E-state index in [0.717, 1.165) is 11.2 Å². The Balaban J connectivity index is 1.83. The molecule has 0 fully saturated rings. The zero-order valence-corrected chi connectivity index (χ0v) is 13.6. The Morgan fingerprint density at radius 1 is 0.923 bits per heavy atom. The molecule has 0 unspecified atom stereocenters. The van der Waals surface area contributed by atoms with Crippen LogP contribution in [0.25, 0.3) is 16.9 Å². The van der Waals surface area contributed by atoms with E-state index in [1.54, 1.807) is 12.1 Å². The SMILES string of the molecule is O=[N+]([O-])c1cccc(N=Nc2c(-c3ccccc3)nc3ccccn23)c1. The fourth-order valence-corrected chi connectivity index (χ4v) is 2.64. The summed E-state index contributed by atoms with van der Waals surface area (Å²) < 4.78 is 1.84. The lowest BCUT2D eigenvalue weighted by Gasteiger charge is -1.99. The molecule has 7 heteroatoms. The number of hydrogen-bond acceptors (Lipinski definition) is 5. The molecule has 0 radical (unpaired) electrons. The highest BCUT2D eigenvalue weighted by Crippen LogP contribution is 2.32. The van der Waals surface area contributed by atoms with Gasteiger partial charge in [-0.25, -0.2) is 4.98 Å². The van der Waals surface area contributed by atoms with Crippen LogP contribution >= 0.6 is 0 Å². The number of non-ortho nitro benzene ring substituents is 1. The van der Waals surface area contributed by atoms with Gasteiger partial charge in [0.25, 0.3) is 5.69 Å². The first-order valence-corrected chi connectivity index (χ1v) is 7.91. The highest BCUT2D eigenvalue weighted by molar-refractivity contribution is 5.74. The monoisotopic (exact) mass is 343 g/mol. The minimum absolute atomic E-state index is 0.0251. The minimum Gasteiger partial charge on any atom is -0.283 e. The smallest absolute Gasteiger partial charge is 0.271 e. The Hall–Kier alpha value is -3.87. The van der Waals surface area contributed by atoms with Crippen LogP contribution in [0.15, 0.2) is 89.2 Å². The van der Waals surface area contributed by atoms with Crippen LogP contribution in [0.5, 0.6) is 0 Å². The molecule has 2 aromatic carbocycles. The van der Waals surface area contributed by atoms with Crippen molar-refractivity contribution in [3.8, 4) is 11.3 Å². The number of rotatable bonds is 4. The summed E-state index contributed by atoms with van der Waals surface area (Å²) in [6.07, 6.45) is 1.86. The third-order valence-corrected chi connectivity index (χ3v) is 3.85. The molecule has 2 heterocycles. The largest absolute Gasteiger partial charge is 0.283 e. The maximum Gasteiger partial charge on any atom is 0.271 e. The number of nitro benzene ring substituents is 1. The van der Waals surface area contributed by atoms with Gasteiger partial charge in [-0.1, -0.05) is 42.5 Å². The quantitative estimate of drug-likeness (QED) is 0.285. The zero-order valence-electron chi connectivity index (χ0n) is 13.6. The number of fused-ring (bicyclic) bond motifs is 1. The van der Waals surface area contributed by atoms with Crippen LogP contribution in [0.2, 0.25) is 0 Å². The van der Waals surface area contributed by atoms with E-state index in [1.807, 2.05) is 59.1 Å². The molecule has 0 saturated carbocycles. The van der Waals surface area contributed by atoms with Crippen LogP contribution in [-0.4, -0.2) is 14.3 Å². The van der Waals surface area contributed by atoms with Crippen LogP contribution in [0, 0.1) is 10.1 Å². The molecule has 0 aliphatic rings. The molecule has 0 spiro atoms. The molecular weight excluding hydrogens is 330 g/mol.